The van der Waals surface area contributed by atoms with Crippen molar-refractivity contribution in [1.29, 1.82) is 0 Å². The second kappa shape index (κ2) is 16.3. The minimum absolute atomic E-state index is 1.23. The van der Waals surface area contributed by atoms with E-state index in [0.29, 0.717) is 0 Å². The van der Waals surface area contributed by atoms with Gasteiger partial charge in [0.05, 0.1) is 0 Å². The highest BCUT2D eigenvalue weighted by atomic mass is 14.2. The maximum Gasteiger partial charge on any atom is -0.00987 e. The molecule has 0 aliphatic heterocycles. The van der Waals surface area contributed by atoms with Gasteiger partial charge in [-0.3, -0.25) is 0 Å². The van der Waals surface area contributed by atoms with Gasteiger partial charge in [-0.15, -0.1) is 0 Å². The second-order valence-electron chi connectivity index (χ2n) is 13.6. The van der Waals surface area contributed by atoms with Gasteiger partial charge in [0.15, 0.2) is 0 Å². The molecule has 0 saturated heterocycles. The molecule has 0 aliphatic carbocycles. The third kappa shape index (κ3) is 6.65. The zero-order chi connectivity index (χ0) is 38.4. The lowest BCUT2D eigenvalue weighted by Gasteiger charge is -2.17. The van der Waals surface area contributed by atoms with E-state index in [1.54, 1.807) is 0 Å². The lowest BCUT2D eigenvalue weighted by molar-refractivity contribution is 1.50. The lowest BCUT2D eigenvalue weighted by atomic mass is 9.86. The van der Waals surface area contributed by atoms with Crippen molar-refractivity contribution in [3.05, 3.63) is 206 Å². The molecular formula is C56H46. The van der Waals surface area contributed by atoms with Crippen LogP contribution in [0.25, 0.3) is 98.7 Å². The van der Waals surface area contributed by atoms with Gasteiger partial charge >= 0.3 is 0 Å². The van der Waals surface area contributed by atoms with Crippen LogP contribution in [-0.4, -0.2) is 0 Å². The van der Waals surface area contributed by atoms with Crippen LogP contribution >= 0.6 is 0 Å². The number of benzene rings is 10. The van der Waals surface area contributed by atoms with E-state index >= 15 is 0 Å². The number of rotatable bonds is 5. The lowest BCUT2D eigenvalue weighted by Crippen LogP contribution is -1.91. The number of hydrogen-bond acceptors (Lipinski definition) is 0. The molecule has 0 spiro atoms. The van der Waals surface area contributed by atoms with Crippen LogP contribution in [0.2, 0.25) is 0 Å². The topological polar surface area (TPSA) is 0 Å². The first-order valence-corrected chi connectivity index (χ1v) is 20.0. The second-order valence-corrected chi connectivity index (χ2v) is 13.6. The minimum atomic E-state index is 1.23. The van der Waals surface area contributed by atoms with Gasteiger partial charge in [0.25, 0.3) is 0 Å². The zero-order valence-electron chi connectivity index (χ0n) is 32.6. The molecule has 0 nitrogen and oxygen atoms in total. The molecule has 0 unspecified atom stereocenters. The summed E-state index contributed by atoms with van der Waals surface area (Å²) in [7, 11) is 0. The summed E-state index contributed by atoms with van der Waals surface area (Å²) in [6, 6.07) is 75.5. The van der Waals surface area contributed by atoms with Crippen molar-refractivity contribution in [3.8, 4) is 55.6 Å². The zero-order valence-corrected chi connectivity index (χ0v) is 32.6. The van der Waals surface area contributed by atoms with Crippen molar-refractivity contribution in [2.45, 2.75) is 27.7 Å². The summed E-state index contributed by atoms with van der Waals surface area (Å²) in [5.41, 5.74) is 12.5. The van der Waals surface area contributed by atoms with Gasteiger partial charge in [0, 0.05) is 0 Å². The van der Waals surface area contributed by atoms with Crippen LogP contribution in [-0.2, 0) is 0 Å². The molecule has 0 fully saturated rings. The molecule has 0 atom stereocenters. The van der Waals surface area contributed by atoms with Crippen molar-refractivity contribution in [2.75, 3.05) is 0 Å². The normalized spacial score (nSPS) is 10.9. The van der Waals surface area contributed by atoms with E-state index in [2.05, 4.69) is 206 Å². The third-order valence-electron chi connectivity index (χ3n) is 10.7. The summed E-state index contributed by atoms with van der Waals surface area (Å²) in [4.78, 5) is 0. The molecule has 10 aromatic carbocycles. The van der Waals surface area contributed by atoms with Crippen LogP contribution in [0.5, 0.6) is 0 Å². The summed E-state index contributed by atoms with van der Waals surface area (Å²) < 4.78 is 0. The average molecular weight is 719 g/mol. The van der Waals surface area contributed by atoms with Crippen molar-refractivity contribution >= 4 is 43.1 Å². The van der Waals surface area contributed by atoms with Crippen LogP contribution in [0.4, 0.5) is 0 Å². The number of fused-ring (bicyclic) bond motifs is 4. The van der Waals surface area contributed by atoms with Crippen molar-refractivity contribution in [1.82, 2.24) is 0 Å². The fourth-order valence-electron chi connectivity index (χ4n) is 8.18. The Hall–Kier alpha value is -6.76. The van der Waals surface area contributed by atoms with E-state index in [-0.39, 0.29) is 0 Å². The Morgan fingerprint density at radius 2 is 0.482 bits per heavy atom. The molecule has 0 aliphatic rings. The van der Waals surface area contributed by atoms with Crippen LogP contribution in [0.3, 0.4) is 0 Å². The van der Waals surface area contributed by atoms with E-state index in [9.17, 15) is 0 Å². The van der Waals surface area contributed by atoms with E-state index in [0.717, 1.165) is 0 Å². The first kappa shape index (κ1) is 36.2. The van der Waals surface area contributed by atoms with Gasteiger partial charge in [-0.1, -0.05) is 222 Å². The fourth-order valence-corrected chi connectivity index (χ4v) is 8.18. The number of hydrogen-bond donors (Lipinski definition) is 0. The summed E-state index contributed by atoms with van der Waals surface area (Å²) in [6.45, 7) is 8.00. The largest absolute Gasteiger partial charge is 0.0683 e. The molecule has 10 aromatic rings. The molecule has 10 rings (SSSR count). The van der Waals surface area contributed by atoms with Crippen LogP contribution in [0.15, 0.2) is 206 Å². The van der Waals surface area contributed by atoms with Crippen LogP contribution in [0, 0.1) is 0 Å². The van der Waals surface area contributed by atoms with E-state index in [4.69, 9.17) is 0 Å². The Kier molecular flexibility index (Phi) is 10.6. The van der Waals surface area contributed by atoms with Gasteiger partial charge in [0.2, 0.25) is 0 Å². The predicted molar refractivity (Wildman–Crippen MR) is 246 cm³/mol. The van der Waals surface area contributed by atoms with E-state index < -0.39 is 0 Å². The Morgan fingerprint density at radius 3 is 0.893 bits per heavy atom. The quantitative estimate of drug-likeness (QED) is 0.166. The third-order valence-corrected chi connectivity index (χ3v) is 10.7. The molecule has 0 heterocycles. The highest BCUT2D eigenvalue weighted by Crippen LogP contribution is 2.43. The monoisotopic (exact) mass is 718 g/mol. The molecule has 0 saturated carbocycles. The summed E-state index contributed by atoms with van der Waals surface area (Å²) in [5.74, 6) is 0. The van der Waals surface area contributed by atoms with Gasteiger partial charge in [-0.25, -0.2) is 0 Å². The smallest absolute Gasteiger partial charge is 0.00987 e. The maximum absolute atomic E-state index is 2.34. The molecule has 0 amide bonds. The van der Waals surface area contributed by atoms with Crippen molar-refractivity contribution in [2.24, 2.45) is 0 Å². The molecule has 0 radical (unpaired) electrons. The molecular weight excluding hydrogens is 673 g/mol. The highest BCUT2D eigenvalue weighted by molar-refractivity contribution is 6.15. The Morgan fingerprint density at radius 1 is 0.196 bits per heavy atom. The Bertz CT molecular complexity index is 2940. The summed E-state index contributed by atoms with van der Waals surface area (Å²) >= 11 is 0. The van der Waals surface area contributed by atoms with Gasteiger partial charge in [-0.05, 0) is 111 Å². The van der Waals surface area contributed by atoms with Gasteiger partial charge in [-0.2, -0.15) is 0 Å². The maximum atomic E-state index is 2.34. The minimum Gasteiger partial charge on any atom is -0.0683 e. The van der Waals surface area contributed by atoms with Crippen LogP contribution in [0.1, 0.15) is 27.7 Å². The van der Waals surface area contributed by atoms with E-state index in [1.807, 2.05) is 27.7 Å². The molecule has 0 aromatic heterocycles. The standard InChI is InChI=1S/C52H34.2C2H6/c1-3-13-35(14-4-1)37-23-24-39-34-40(26-25-38(39)33-37)42-28-30-50(46-20-10-8-18-44(42)46)52-32-31-51(47-21-11-12-22-48(47)52)49-29-27-41(36-15-5-2-6-16-36)43-17-7-9-19-45(43)49;2*1-2/h1-34H;2*1-2H3. The molecule has 56 heavy (non-hydrogen) atoms. The molecule has 0 heteroatoms. The molecule has 0 bridgehead atoms. The van der Waals surface area contributed by atoms with Gasteiger partial charge in [0.1, 0.15) is 0 Å². The van der Waals surface area contributed by atoms with Crippen molar-refractivity contribution in [3.63, 3.8) is 0 Å². The van der Waals surface area contributed by atoms with Gasteiger partial charge < -0.3 is 0 Å². The fraction of sp³-hybridized carbons (Fsp3) is 0.0714. The Balaban J connectivity index is 0.00000107. The first-order chi connectivity index (χ1) is 27.8. The predicted octanol–water partition coefficient (Wildman–Crippen LogP) is 16.7. The molecule has 270 valence electrons. The molecule has 0 N–H and O–H groups in total. The highest BCUT2D eigenvalue weighted by Gasteiger charge is 2.16. The van der Waals surface area contributed by atoms with Crippen molar-refractivity contribution < 1.29 is 0 Å². The van der Waals surface area contributed by atoms with Crippen LogP contribution < -0.4 is 0 Å². The summed E-state index contributed by atoms with van der Waals surface area (Å²) in [5, 5.41) is 10.1. The average Bonchev–Trinajstić information content (AvgIpc) is 3.29. The first-order valence-electron chi connectivity index (χ1n) is 20.0. The van der Waals surface area contributed by atoms with E-state index in [1.165, 1.54) is 98.7 Å². The SMILES string of the molecule is CC.CC.c1ccc(-c2ccc3cc(-c4ccc(-c5ccc(-c6ccc(-c7ccccc7)c7ccccc67)c6ccccc56)c5ccccc45)ccc3c2)cc1. The Labute approximate surface area is 331 Å². The summed E-state index contributed by atoms with van der Waals surface area (Å²) in [6.07, 6.45) is 0.